The molecule has 0 aromatic heterocycles. The Morgan fingerprint density at radius 2 is 1.87 bits per heavy atom. The lowest BCUT2D eigenvalue weighted by Crippen LogP contribution is -2.55. The fourth-order valence-corrected chi connectivity index (χ4v) is 11.2. The zero-order valence-electron chi connectivity index (χ0n) is 26.8. The third kappa shape index (κ3) is 6.54. The van der Waals surface area contributed by atoms with E-state index in [0.29, 0.717) is 55.4 Å². The van der Waals surface area contributed by atoms with Gasteiger partial charge in [-0.3, -0.25) is 4.79 Å². The van der Waals surface area contributed by atoms with Crippen LogP contribution in [-0.2, 0) is 31.7 Å². The lowest BCUT2D eigenvalue weighted by Gasteiger charge is -2.50. The number of rotatable bonds is 2. The van der Waals surface area contributed by atoms with E-state index in [0.717, 1.165) is 31.9 Å². The molecule has 46 heavy (non-hydrogen) atoms. The van der Waals surface area contributed by atoms with Crippen molar-refractivity contribution in [3.05, 3.63) is 58.1 Å². The second-order valence-electron chi connectivity index (χ2n) is 14.5. The van der Waals surface area contributed by atoms with Gasteiger partial charge in [-0.1, -0.05) is 31.0 Å². The van der Waals surface area contributed by atoms with Crippen molar-refractivity contribution in [3.8, 4) is 5.75 Å². The highest BCUT2D eigenvalue weighted by molar-refractivity contribution is 7.91. The van der Waals surface area contributed by atoms with Gasteiger partial charge in [0, 0.05) is 35.3 Å². The first-order chi connectivity index (χ1) is 21.6. The van der Waals surface area contributed by atoms with Crippen molar-refractivity contribution in [2.75, 3.05) is 36.6 Å². The molecule has 1 spiro atoms. The molecule has 2 heterocycles. The molecule has 1 fully saturated rings. The highest BCUT2D eigenvalue weighted by Gasteiger charge is 2.50. The van der Waals surface area contributed by atoms with Crippen LogP contribution >= 0.6 is 11.6 Å². The zero-order chi connectivity index (χ0) is 33.1. The number of carbonyl (C=O) groups is 1. The van der Waals surface area contributed by atoms with Crippen LogP contribution < -0.4 is 14.4 Å². The van der Waals surface area contributed by atoms with Crippen molar-refractivity contribution >= 4 is 43.1 Å². The van der Waals surface area contributed by atoms with Crippen LogP contribution in [0.2, 0.25) is 5.02 Å². The summed E-state index contributed by atoms with van der Waals surface area (Å²) in [6.45, 7) is 4.93. The van der Waals surface area contributed by atoms with Crippen LogP contribution in [0.5, 0.6) is 5.75 Å². The smallest absolute Gasteiger partial charge is 0.264 e. The van der Waals surface area contributed by atoms with E-state index in [2.05, 4.69) is 15.7 Å². The minimum Gasteiger partial charge on any atom is -0.490 e. The average molecular weight is 693 g/mol. The van der Waals surface area contributed by atoms with E-state index < -0.39 is 36.6 Å². The van der Waals surface area contributed by atoms with Gasteiger partial charge in [0.1, 0.15) is 15.6 Å². The van der Waals surface area contributed by atoms with Crippen molar-refractivity contribution in [3.63, 3.8) is 0 Å². The van der Waals surface area contributed by atoms with Gasteiger partial charge in [0.15, 0.2) is 0 Å². The quantitative estimate of drug-likeness (QED) is 0.456. The summed E-state index contributed by atoms with van der Waals surface area (Å²) in [6.07, 6.45) is 6.68. The van der Waals surface area contributed by atoms with Crippen molar-refractivity contribution in [2.45, 2.75) is 81.5 Å². The number of fused-ring (bicyclic) bond motifs is 4. The number of nitrogens with one attached hydrogen (secondary N) is 1. The molecule has 252 valence electrons. The molecule has 6 rings (SSSR count). The van der Waals surface area contributed by atoms with E-state index in [4.69, 9.17) is 16.3 Å². The molecule has 12 heteroatoms. The second-order valence-corrected chi connectivity index (χ2v) is 19.1. The minimum atomic E-state index is -4.02. The van der Waals surface area contributed by atoms with Gasteiger partial charge in [-0.05, 0) is 111 Å². The van der Waals surface area contributed by atoms with Crippen molar-refractivity contribution in [1.29, 1.82) is 0 Å². The van der Waals surface area contributed by atoms with Crippen molar-refractivity contribution in [2.24, 2.45) is 17.8 Å². The summed E-state index contributed by atoms with van der Waals surface area (Å²) in [6, 6.07) is 11.1. The molecule has 0 saturated heterocycles. The van der Waals surface area contributed by atoms with Gasteiger partial charge in [0.05, 0.1) is 28.9 Å². The predicted molar refractivity (Wildman–Crippen MR) is 180 cm³/mol. The van der Waals surface area contributed by atoms with E-state index in [1.54, 1.807) is 25.1 Å². The van der Waals surface area contributed by atoms with Crippen molar-refractivity contribution < 1.29 is 31.5 Å². The Morgan fingerprint density at radius 3 is 2.59 bits per heavy atom. The zero-order valence-corrected chi connectivity index (χ0v) is 29.2. The minimum absolute atomic E-state index is 0.0187. The monoisotopic (exact) mass is 692 g/mol. The standard InChI is InChI=1S/C34H45ClN2O7S2/c1-22-6-4-15-34(39,21-45(3,40)41)29-11-8-26(29)18-37-19-33(14-5-7-24-16-27(35)10-12-28(24)33)20-44-31-13-9-25(17-30(31)37)32(38)36-46(42,43)23(22)2/h9-10,12-13,16-17,22-23,26,29,39H,4-8,11,14-15,18-21H2,1-3H3,(H,36,38)/t22-,23+,26-,29+,33-,34+/m0/s1. The van der Waals surface area contributed by atoms with Crippen LogP contribution in [0.25, 0.3) is 0 Å². The molecule has 9 nitrogen and oxygen atoms in total. The Labute approximate surface area is 278 Å². The lowest BCUT2D eigenvalue weighted by atomic mass is 9.63. The first-order valence-electron chi connectivity index (χ1n) is 16.4. The molecule has 2 aliphatic heterocycles. The number of hydrogen-bond donors (Lipinski definition) is 2. The number of hydrogen-bond acceptors (Lipinski definition) is 8. The molecule has 2 N–H and O–H groups in total. The highest BCUT2D eigenvalue weighted by Crippen LogP contribution is 2.49. The molecule has 0 unspecified atom stereocenters. The maximum absolute atomic E-state index is 13.4. The number of ether oxygens (including phenoxy) is 1. The maximum atomic E-state index is 13.4. The molecular formula is C34H45ClN2O7S2. The maximum Gasteiger partial charge on any atom is 0.264 e. The van der Waals surface area contributed by atoms with Crippen LogP contribution in [0.1, 0.15) is 80.3 Å². The van der Waals surface area contributed by atoms with Gasteiger partial charge in [-0.25, -0.2) is 21.6 Å². The van der Waals surface area contributed by atoms with E-state index >= 15 is 0 Å². The molecule has 4 aliphatic rings. The van der Waals surface area contributed by atoms with Crippen LogP contribution in [0.3, 0.4) is 0 Å². The number of sulfone groups is 1. The number of amides is 1. The Morgan fingerprint density at radius 1 is 1.09 bits per heavy atom. The van der Waals surface area contributed by atoms with Gasteiger partial charge < -0.3 is 14.7 Å². The van der Waals surface area contributed by atoms with E-state index in [-0.39, 0.29) is 40.9 Å². The summed E-state index contributed by atoms with van der Waals surface area (Å²) in [5.41, 5.74) is 1.50. The Bertz CT molecular complexity index is 1730. The molecule has 0 radical (unpaired) electrons. The van der Waals surface area contributed by atoms with Crippen LogP contribution in [0.4, 0.5) is 5.69 Å². The number of carbonyl (C=O) groups excluding carboxylic acids is 1. The first kappa shape index (κ1) is 33.6. The van der Waals surface area contributed by atoms with Crippen LogP contribution in [0, 0.1) is 17.8 Å². The number of anilines is 1. The number of sulfonamides is 1. The highest BCUT2D eigenvalue weighted by atomic mass is 35.5. The van der Waals surface area contributed by atoms with Gasteiger partial charge in [-0.15, -0.1) is 0 Å². The van der Waals surface area contributed by atoms with Gasteiger partial charge >= 0.3 is 0 Å². The fraction of sp³-hybridized carbons (Fsp3) is 0.618. The van der Waals surface area contributed by atoms with E-state index in [9.17, 15) is 26.7 Å². The summed E-state index contributed by atoms with van der Waals surface area (Å²) >= 11 is 6.40. The number of halogens is 1. The normalized spacial score (nSPS) is 33.1. The Hall–Kier alpha value is -2.34. The predicted octanol–water partition coefficient (Wildman–Crippen LogP) is 4.88. The molecule has 1 amide bonds. The number of benzene rings is 2. The summed E-state index contributed by atoms with van der Waals surface area (Å²) in [5.74, 6) is -0.957. The molecule has 1 saturated carbocycles. The number of nitrogens with zero attached hydrogens (tertiary/aromatic N) is 1. The topological polar surface area (TPSA) is 130 Å². The Kier molecular flexibility index (Phi) is 8.96. The average Bonchev–Trinajstić information content (AvgIpc) is 3.09. The van der Waals surface area contributed by atoms with Gasteiger partial charge in [-0.2, -0.15) is 0 Å². The fourth-order valence-electron chi connectivity index (χ4n) is 8.40. The van der Waals surface area contributed by atoms with E-state index in [1.165, 1.54) is 11.1 Å². The second kappa shape index (κ2) is 12.3. The van der Waals surface area contributed by atoms with E-state index in [1.807, 2.05) is 19.1 Å². The summed E-state index contributed by atoms with van der Waals surface area (Å²) in [7, 11) is -7.52. The van der Waals surface area contributed by atoms with Crippen LogP contribution in [-0.4, -0.2) is 70.4 Å². The molecule has 2 aromatic carbocycles. The largest absolute Gasteiger partial charge is 0.490 e. The lowest BCUT2D eigenvalue weighted by molar-refractivity contribution is -0.0718. The SMILES string of the molecule is C[C@@H]1[C@@H](C)CCC[C@@](O)(CS(C)(=O)=O)[C@@H]2CC[C@H]2CN2C[C@@]3(CCCc4cc(Cl)ccc43)COc3ccc(cc32)C(=O)NS1(=O)=O. The molecule has 6 atom stereocenters. The first-order valence-corrected chi connectivity index (χ1v) is 20.3. The number of aryl methyl sites for hydroxylation is 1. The summed E-state index contributed by atoms with van der Waals surface area (Å²) in [5, 5.41) is 11.9. The Balaban J connectivity index is 1.45. The molecule has 2 aromatic rings. The summed E-state index contributed by atoms with van der Waals surface area (Å²) in [4.78, 5) is 15.7. The van der Waals surface area contributed by atoms with Crippen molar-refractivity contribution in [1.82, 2.24) is 4.72 Å². The van der Waals surface area contributed by atoms with Gasteiger partial charge in [0.2, 0.25) is 10.0 Å². The van der Waals surface area contributed by atoms with Crippen LogP contribution in [0.15, 0.2) is 36.4 Å². The number of aliphatic hydroxyl groups is 1. The molecule has 2 bridgehead atoms. The third-order valence-corrected chi connectivity index (χ3v) is 14.3. The molecule has 2 aliphatic carbocycles. The van der Waals surface area contributed by atoms with Gasteiger partial charge in [0.25, 0.3) is 5.91 Å². The summed E-state index contributed by atoms with van der Waals surface area (Å²) < 4.78 is 60.7. The third-order valence-electron chi connectivity index (χ3n) is 11.2. The molecular weight excluding hydrogens is 648 g/mol.